The van der Waals surface area contributed by atoms with Gasteiger partial charge in [0.05, 0.1) is 18.0 Å². The summed E-state index contributed by atoms with van der Waals surface area (Å²) in [5, 5.41) is 28.5. The van der Waals surface area contributed by atoms with Crippen LogP contribution in [0.5, 0.6) is 0 Å². The van der Waals surface area contributed by atoms with Crippen LogP contribution in [0.4, 0.5) is 0 Å². The number of carbonyl (C=O) groups is 5. The van der Waals surface area contributed by atoms with Gasteiger partial charge in [-0.2, -0.15) is 0 Å². The molecule has 210 valence electrons. The molecular formula is C24H35N5O8S. The molecule has 14 heteroatoms. The standard InChI is InChI=1S/C24H35N5O8S/c1-10-16-15(11(2)26-19(30)12(3)27-37-24(4,5)23(35)36)21(32)29(16)17(22(33)34)18(10)38-13-8-14(25-9-13)20(31)28(6)7/h10-11,13-16,25H,8-9H2,1-7H3,(H,26,30)(H,33,34)(H,35,36)/b27-12-/t10-,11+,13+,14+,15-,16-/m1/s1. The number of amides is 3. The van der Waals surface area contributed by atoms with Crippen molar-refractivity contribution in [3.63, 3.8) is 0 Å². The molecule has 0 bridgehead atoms. The van der Waals surface area contributed by atoms with E-state index in [-0.39, 0.29) is 34.5 Å². The number of rotatable bonds is 10. The summed E-state index contributed by atoms with van der Waals surface area (Å²) in [7, 11) is 3.37. The number of carboxylic acid groups (broad SMARTS) is 2. The fourth-order valence-electron chi connectivity index (χ4n) is 4.83. The molecule has 3 amide bonds. The minimum absolute atomic E-state index is 0.0333. The monoisotopic (exact) mass is 553 g/mol. The Hall–Kier alpha value is -3.13. The molecule has 0 radical (unpaired) electrons. The molecule has 3 heterocycles. The van der Waals surface area contributed by atoms with Gasteiger partial charge in [-0.25, -0.2) is 9.59 Å². The van der Waals surface area contributed by atoms with Crippen LogP contribution in [0.3, 0.4) is 0 Å². The first kappa shape index (κ1) is 29.4. The van der Waals surface area contributed by atoms with E-state index < -0.39 is 47.4 Å². The predicted molar refractivity (Wildman–Crippen MR) is 138 cm³/mol. The summed E-state index contributed by atoms with van der Waals surface area (Å²) in [6.07, 6.45) is 0.540. The van der Waals surface area contributed by atoms with Crippen LogP contribution < -0.4 is 10.6 Å². The second-order valence-corrected chi connectivity index (χ2v) is 11.9. The molecule has 0 aromatic rings. The molecule has 2 fully saturated rings. The van der Waals surface area contributed by atoms with Crippen molar-refractivity contribution >= 4 is 47.1 Å². The smallest absolute Gasteiger partial charge is 0.353 e. The maximum atomic E-state index is 13.1. The molecule has 0 aliphatic carbocycles. The highest BCUT2D eigenvalue weighted by Crippen LogP contribution is 2.51. The predicted octanol–water partition coefficient (Wildman–Crippen LogP) is 0.0716. The highest BCUT2D eigenvalue weighted by molar-refractivity contribution is 8.03. The molecule has 4 N–H and O–H groups in total. The highest BCUT2D eigenvalue weighted by Gasteiger charge is 2.60. The largest absolute Gasteiger partial charge is 0.478 e. The van der Waals surface area contributed by atoms with Gasteiger partial charge in [-0.15, -0.1) is 11.8 Å². The summed E-state index contributed by atoms with van der Waals surface area (Å²) in [6, 6.07) is -1.44. The van der Waals surface area contributed by atoms with Gasteiger partial charge in [-0.05, 0) is 34.1 Å². The Bertz CT molecular complexity index is 1100. The van der Waals surface area contributed by atoms with Gasteiger partial charge in [0.1, 0.15) is 11.4 Å². The number of hydrogen-bond acceptors (Lipinski definition) is 9. The maximum Gasteiger partial charge on any atom is 0.353 e. The van der Waals surface area contributed by atoms with Crippen molar-refractivity contribution in [2.24, 2.45) is 17.0 Å². The van der Waals surface area contributed by atoms with Crippen molar-refractivity contribution in [2.45, 2.75) is 70.0 Å². The van der Waals surface area contributed by atoms with Gasteiger partial charge in [0.2, 0.25) is 17.4 Å². The molecule has 13 nitrogen and oxygen atoms in total. The third-order valence-corrected chi connectivity index (χ3v) is 8.58. The normalized spacial score (nSPS) is 28.0. The second-order valence-electron chi connectivity index (χ2n) is 10.5. The van der Waals surface area contributed by atoms with Crippen molar-refractivity contribution in [1.82, 2.24) is 20.4 Å². The highest BCUT2D eigenvalue weighted by atomic mass is 32.2. The van der Waals surface area contributed by atoms with Gasteiger partial charge in [0.25, 0.3) is 5.91 Å². The van der Waals surface area contributed by atoms with Gasteiger partial charge in [-0.1, -0.05) is 12.1 Å². The summed E-state index contributed by atoms with van der Waals surface area (Å²) in [4.78, 5) is 69.8. The molecule has 3 aliphatic rings. The summed E-state index contributed by atoms with van der Waals surface area (Å²) in [6.45, 7) is 8.00. The Morgan fingerprint density at radius 1 is 1.26 bits per heavy atom. The van der Waals surface area contributed by atoms with Crippen LogP contribution in [-0.2, 0) is 28.8 Å². The number of nitrogens with one attached hydrogen (secondary N) is 2. The first-order chi connectivity index (χ1) is 17.6. The second kappa shape index (κ2) is 10.9. The topological polar surface area (TPSA) is 178 Å². The number of aliphatic carboxylic acids is 2. The van der Waals surface area contributed by atoms with E-state index in [0.29, 0.717) is 17.9 Å². The number of thioether (sulfide) groups is 1. The molecule has 0 saturated carbocycles. The Morgan fingerprint density at radius 2 is 1.89 bits per heavy atom. The molecule has 0 unspecified atom stereocenters. The Morgan fingerprint density at radius 3 is 2.45 bits per heavy atom. The van der Waals surface area contributed by atoms with E-state index in [1.807, 2.05) is 6.92 Å². The van der Waals surface area contributed by atoms with Crippen molar-refractivity contribution in [1.29, 1.82) is 0 Å². The van der Waals surface area contributed by atoms with E-state index in [1.165, 1.54) is 42.3 Å². The zero-order valence-corrected chi connectivity index (χ0v) is 23.3. The maximum absolute atomic E-state index is 13.1. The summed E-state index contributed by atoms with van der Waals surface area (Å²) < 4.78 is 0. The van der Waals surface area contributed by atoms with Crippen LogP contribution in [0.1, 0.15) is 41.0 Å². The number of carbonyl (C=O) groups excluding carboxylic acids is 3. The molecule has 0 aromatic carbocycles. The summed E-state index contributed by atoms with van der Waals surface area (Å²) >= 11 is 1.39. The lowest BCUT2D eigenvalue weighted by atomic mass is 9.78. The molecule has 0 spiro atoms. The summed E-state index contributed by atoms with van der Waals surface area (Å²) in [5.74, 6) is -4.46. The first-order valence-corrected chi connectivity index (χ1v) is 13.1. The number of oxime groups is 1. The lowest BCUT2D eigenvalue weighted by Crippen LogP contribution is -2.66. The quantitative estimate of drug-likeness (QED) is 0.164. The number of likely N-dealkylation sites (N-methyl/N-ethyl adjacent to an activating group) is 1. The average Bonchev–Trinajstić information content (AvgIpc) is 3.38. The van der Waals surface area contributed by atoms with E-state index in [9.17, 15) is 29.1 Å². The zero-order valence-electron chi connectivity index (χ0n) is 22.5. The number of β-lactam (4-membered cyclic amide) rings is 1. The van der Waals surface area contributed by atoms with Gasteiger partial charge in [-0.3, -0.25) is 14.4 Å². The number of nitrogens with zero attached hydrogens (tertiary/aromatic N) is 3. The molecule has 6 atom stereocenters. The minimum atomic E-state index is -1.63. The fraction of sp³-hybridized carbons (Fsp3) is 0.667. The van der Waals surface area contributed by atoms with Crippen molar-refractivity contribution < 1.29 is 39.0 Å². The lowest BCUT2D eigenvalue weighted by molar-refractivity contribution is -0.161. The van der Waals surface area contributed by atoms with Crippen molar-refractivity contribution in [3.8, 4) is 0 Å². The fourth-order valence-corrected chi connectivity index (χ4v) is 6.31. The van der Waals surface area contributed by atoms with Crippen LogP contribution in [0, 0.1) is 11.8 Å². The average molecular weight is 554 g/mol. The van der Waals surface area contributed by atoms with Crippen LogP contribution in [-0.4, -0.2) is 105 Å². The Balaban J connectivity index is 1.70. The SMILES string of the molecule is C/C(=N/OC(C)(C)C(=O)O)C(=O)N[C@@H](C)[C@H]1C(=O)N2C(C(=O)O)=C(S[C@@H]3CN[C@H](C(=O)N(C)C)C3)[C@H](C)[C@H]12. The van der Waals surface area contributed by atoms with Gasteiger partial charge >= 0.3 is 11.9 Å². The molecule has 2 saturated heterocycles. The van der Waals surface area contributed by atoms with Crippen LogP contribution in [0.2, 0.25) is 0 Å². The zero-order chi connectivity index (χ0) is 28.7. The van der Waals surface area contributed by atoms with Crippen LogP contribution in [0.25, 0.3) is 0 Å². The van der Waals surface area contributed by atoms with E-state index >= 15 is 0 Å². The van der Waals surface area contributed by atoms with E-state index in [0.717, 1.165) is 0 Å². The van der Waals surface area contributed by atoms with Gasteiger partial charge < -0.3 is 35.5 Å². The van der Waals surface area contributed by atoms with E-state index in [2.05, 4.69) is 15.8 Å². The molecule has 3 rings (SSSR count). The third-order valence-electron chi connectivity index (χ3n) is 7.07. The summed E-state index contributed by atoms with van der Waals surface area (Å²) in [5.41, 5.74) is -1.79. The number of fused-ring (bicyclic) bond motifs is 1. The molecule has 3 aliphatic heterocycles. The van der Waals surface area contributed by atoms with Crippen LogP contribution in [0.15, 0.2) is 15.8 Å². The lowest BCUT2D eigenvalue weighted by Gasteiger charge is -2.47. The Kier molecular flexibility index (Phi) is 8.46. The van der Waals surface area contributed by atoms with Gasteiger partial charge in [0.15, 0.2) is 0 Å². The van der Waals surface area contributed by atoms with Crippen LogP contribution >= 0.6 is 11.8 Å². The first-order valence-electron chi connectivity index (χ1n) is 12.3. The molecule has 38 heavy (non-hydrogen) atoms. The Labute approximate surface area is 225 Å². The van der Waals surface area contributed by atoms with Crippen molar-refractivity contribution in [3.05, 3.63) is 10.6 Å². The number of carboxylic acids is 2. The van der Waals surface area contributed by atoms with Gasteiger partial charge in [0, 0.05) is 42.8 Å². The third kappa shape index (κ3) is 5.51. The molecule has 0 aromatic heterocycles. The van der Waals surface area contributed by atoms with Crippen molar-refractivity contribution in [2.75, 3.05) is 20.6 Å². The van der Waals surface area contributed by atoms with E-state index in [1.54, 1.807) is 21.0 Å². The van der Waals surface area contributed by atoms with E-state index in [4.69, 9.17) is 9.94 Å². The number of hydrogen-bond donors (Lipinski definition) is 4. The molecular weight excluding hydrogens is 518 g/mol. The minimum Gasteiger partial charge on any atom is -0.478 e.